The molecule has 0 aliphatic heterocycles. The SMILES string of the molecule is CCC/C=C/CCC([O-])=NCN(CCCO)CC(=O)O.[K+]. The second-order valence-electron chi connectivity index (χ2n) is 4.52. The molecular weight excluding hydrogens is 299 g/mol. The van der Waals surface area contributed by atoms with E-state index in [1.807, 2.05) is 12.2 Å². The predicted molar refractivity (Wildman–Crippen MR) is 76.5 cm³/mol. The summed E-state index contributed by atoms with van der Waals surface area (Å²) in [6, 6.07) is 0. The number of carboxylic acid groups (broad SMARTS) is 1. The molecule has 0 amide bonds. The van der Waals surface area contributed by atoms with Crippen molar-refractivity contribution in [3.63, 3.8) is 0 Å². The number of nitrogens with zero attached hydrogens (tertiary/aromatic N) is 2. The van der Waals surface area contributed by atoms with Crippen LogP contribution in [0.15, 0.2) is 17.1 Å². The number of rotatable bonds is 12. The first-order chi connectivity index (χ1) is 9.60. The molecule has 0 spiro atoms. The Hall–Kier alpha value is 0.236. The van der Waals surface area contributed by atoms with Crippen molar-refractivity contribution >= 4 is 11.9 Å². The van der Waals surface area contributed by atoms with Gasteiger partial charge in [0.25, 0.3) is 0 Å². The van der Waals surface area contributed by atoms with Crippen molar-refractivity contribution in [2.45, 2.75) is 39.0 Å². The van der Waals surface area contributed by atoms with E-state index in [0.717, 1.165) is 12.8 Å². The van der Waals surface area contributed by atoms with Crippen LogP contribution < -0.4 is 56.5 Å². The second kappa shape index (κ2) is 16.6. The Balaban J connectivity index is 0. The molecule has 0 radical (unpaired) electrons. The first-order valence-corrected chi connectivity index (χ1v) is 7.00. The summed E-state index contributed by atoms with van der Waals surface area (Å²) in [6.45, 7) is 2.40. The minimum atomic E-state index is -0.965. The Labute approximate surface area is 169 Å². The van der Waals surface area contributed by atoms with Crippen LogP contribution in [0.5, 0.6) is 0 Å². The second-order valence-corrected chi connectivity index (χ2v) is 4.52. The Morgan fingerprint density at radius 3 is 2.57 bits per heavy atom. The van der Waals surface area contributed by atoms with E-state index in [1.165, 1.54) is 4.90 Å². The molecule has 0 aromatic rings. The molecule has 2 N–H and O–H groups in total. The van der Waals surface area contributed by atoms with Gasteiger partial charge < -0.3 is 15.3 Å². The zero-order valence-electron chi connectivity index (χ0n) is 13.1. The summed E-state index contributed by atoms with van der Waals surface area (Å²) in [5.74, 6) is -1.18. The van der Waals surface area contributed by atoms with E-state index in [0.29, 0.717) is 25.8 Å². The number of aliphatic carboxylic acids is 1. The van der Waals surface area contributed by atoms with Crippen LogP contribution in [-0.4, -0.2) is 53.3 Å². The van der Waals surface area contributed by atoms with Crippen LogP contribution >= 0.6 is 0 Å². The van der Waals surface area contributed by atoms with Crippen LogP contribution in [0, 0.1) is 0 Å². The fourth-order valence-corrected chi connectivity index (χ4v) is 1.55. The Morgan fingerprint density at radius 1 is 1.33 bits per heavy atom. The molecule has 0 aromatic carbocycles. The summed E-state index contributed by atoms with van der Waals surface area (Å²) in [5, 5.41) is 29.0. The van der Waals surface area contributed by atoms with Gasteiger partial charge in [-0.2, -0.15) is 0 Å². The maximum absolute atomic E-state index is 11.5. The maximum atomic E-state index is 11.5. The molecule has 0 saturated carbocycles. The first kappa shape index (κ1) is 23.5. The van der Waals surface area contributed by atoms with Crippen LogP contribution in [-0.2, 0) is 4.79 Å². The van der Waals surface area contributed by atoms with E-state index in [2.05, 4.69) is 11.9 Å². The van der Waals surface area contributed by atoms with Gasteiger partial charge in [0.15, 0.2) is 0 Å². The number of aliphatic imine (C=N–C) groups is 1. The standard InChI is InChI=1S/C14H26N2O4.K/c1-2-3-4-5-6-8-13(18)15-12-16(9-7-10-17)11-14(19)20;/h4-5,17H,2-3,6-12H2,1H3,(H,15,18)(H,19,20);/q;+1/p-1/b5-4+;. The van der Waals surface area contributed by atoms with Crippen molar-refractivity contribution in [2.24, 2.45) is 4.99 Å². The number of hydrogen-bond acceptors (Lipinski definition) is 5. The fraction of sp³-hybridized carbons (Fsp3) is 0.714. The number of aliphatic hydroxyl groups excluding tert-OH is 1. The quantitative estimate of drug-likeness (QED) is 0.181. The monoisotopic (exact) mass is 324 g/mol. The van der Waals surface area contributed by atoms with E-state index >= 15 is 0 Å². The summed E-state index contributed by atoms with van der Waals surface area (Å²) in [5.41, 5.74) is 0. The largest absolute Gasteiger partial charge is 1.00 e. The van der Waals surface area contributed by atoms with Gasteiger partial charge in [0.05, 0.1) is 13.2 Å². The zero-order valence-corrected chi connectivity index (χ0v) is 16.2. The van der Waals surface area contributed by atoms with Crippen LogP contribution in [0.1, 0.15) is 39.0 Å². The number of carbonyl (C=O) groups is 1. The molecule has 0 saturated heterocycles. The van der Waals surface area contributed by atoms with Crippen molar-refractivity contribution in [1.29, 1.82) is 0 Å². The Kier molecular flexibility index (Phi) is 18.6. The molecule has 7 heteroatoms. The van der Waals surface area contributed by atoms with Gasteiger partial charge in [-0.25, -0.2) is 0 Å². The molecule has 21 heavy (non-hydrogen) atoms. The van der Waals surface area contributed by atoms with Gasteiger partial charge in [-0.15, -0.1) is 0 Å². The zero-order chi connectivity index (χ0) is 15.2. The summed E-state index contributed by atoms with van der Waals surface area (Å²) in [4.78, 5) is 16.0. The minimum Gasteiger partial charge on any atom is -0.862 e. The maximum Gasteiger partial charge on any atom is 1.00 e. The van der Waals surface area contributed by atoms with E-state index in [-0.39, 0.29) is 77.1 Å². The topological polar surface area (TPSA) is 96.2 Å². The van der Waals surface area contributed by atoms with E-state index in [9.17, 15) is 9.90 Å². The summed E-state index contributed by atoms with van der Waals surface area (Å²) < 4.78 is 0. The van der Waals surface area contributed by atoms with E-state index in [4.69, 9.17) is 10.2 Å². The normalized spacial score (nSPS) is 11.9. The van der Waals surface area contributed by atoms with Crippen molar-refractivity contribution in [3.05, 3.63) is 12.2 Å². The molecule has 0 rings (SSSR count). The van der Waals surface area contributed by atoms with Gasteiger partial charge in [0.2, 0.25) is 0 Å². The minimum absolute atomic E-state index is 0. The van der Waals surface area contributed by atoms with Gasteiger partial charge in [-0.1, -0.05) is 25.5 Å². The molecule has 0 heterocycles. The average molecular weight is 324 g/mol. The van der Waals surface area contributed by atoms with Crippen LogP contribution in [0.4, 0.5) is 0 Å². The Bertz CT molecular complexity index is 322. The number of hydrogen-bond donors (Lipinski definition) is 2. The molecule has 0 aliphatic carbocycles. The van der Waals surface area contributed by atoms with Crippen molar-refractivity contribution < 1.29 is 71.5 Å². The summed E-state index contributed by atoms with van der Waals surface area (Å²) in [7, 11) is 0. The third kappa shape index (κ3) is 16.4. The molecule has 0 fully saturated rings. The molecule has 0 bridgehead atoms. The average Bonchev–Trinajstić information content (AvgIpc) is 2.41. The smallest absolute Gasteiger partial charge is 0.862 e. The molecule has 0 aliphatic rings. The van der Waals surface area contributed by atoms with Gasteiger partial charge in [-0.05, 0) is 31.6 Å². The number of aliphatic hydroxyl groups is 1. The summed E-state index contributed by atoms with van der Waals surface area (Å²) >= 11 is 0. The molecule has 116 valence electrons. The van der Waals surface area contributed by atoms with Gasteiger partial charge in [-0.3, -0.25) is 14.7 Å². The molecular formula is C14H25KN2O4. The van der Waals surface area contributed by atoms with Gasteiger partial charge >= 0.3 is 57.4 Å². The molecule has 0 atom stereocenters. The Morgan fingerprint density at radius 2 is 2.00 bits per heavy atom. The van der Waals surface area contributed by atoms with Crippen molar-refractivity contribution in [1.82, 2.24) is 4.90 Å². The summed E-state index contributed by atoms with van der Waals surface area (Å²) in [6.07, 6.45) is 7.60. The van der Waals surface area contributed by atoms with Crippen molar-refractivity contribution in [2.75, 3.05) is 26.4 Å². The molecule has 0 unspecified atom stereocenters. The fourth-order valence-electron chi connectivity index (χ4n) is 1.55. The number of allylic oxidation sites excluding steroid dienone is 2. The molecule has 0 aromatic heterocycles. The van der Waals surface area contributed by atoms with Crippen LogP contribution in [0.2, 0.25) is 0 Å². The first-order valence-electron chi connectivity index (χ1n) is 7.00. The van der Waals surface area contributed by atoms with Gasteiger partial charge in [0, 0.05) is 13.2 Å². The third-order valence-corrected chi connectivity index (χ3v) is 2.59. The van der Waals surface area contributed by atoms with Crippen LogP contribution in [0.25, 0.3) is 0 Å². The van der Waals surface area contributed by atoms with Gasteiger partial charge in [0.1, 0.15) is 0 Å². The van der Waals surface area contributed by atoms with Crippen LogP contribution in [0.3, 0.4) is 0 Å². The predicted octanol–water partition coefficient (Wildman–Crippen LogP) is -2.39. The third-order valence-electron chi connectivity index (χ3n) is 2.59. The van der Waals surface area contributed by atoms with E-state index in [1.54, 1.807) is 0 Å². The van der Waals surface area contributed by atoms with Crippen molar-refractivity contribution in [3.8, 4) is 0 Å². The van der Waals surface area contributed by atoms with E-state index < -0.39 is 5.97 Å². The molecule has 6 nitrogen and oxygen atoms in total. The number of unbranched alkanes of at least 4 members (excludes halogenated alkanes) is 1. The number of carboxylic acids is 1.